The third-order valence-corrected chi connectivity index (χ3v) is 4.20. The summed E-state index contributed by atoms with van der Waals surface area (Å²) in [5, 5.41) is 0. The first-order valence-electron chi connectivity index (χ1n) is 7.04. The van der Waals surface area contributed by atoms with E-state index in [1.54, 1.807) is 0 Å². The summed E-state index contributed by atoms with van der Waals surface area (Å²) in [6.45, 7) is 5.38. The molecule has 0 aliphatic carbocycles. The van der Waals surface area contributed by atoms with Crippen molar-refractivity contribution in [1.82, 2.24) is 4.90 Å². The first kappa shape index (κ1) is 15.3. The van der Waals surface area contributed by atoms with Crippen LogP contribution in [0.2, 0.25) is 0 Å². The molecule has 1 heterocycles. The van der Waals surface area contributed by atoms with Gasteiger partial charge < -0.3 is 5.73 Å². The summed E-state index contributed by atoms with van der Waals surface area (Å²) in [6, 6.07) is 2.13. The summed E-state index contributed by atoms with van der Waals surface area (Å²) in [5.41, 5.74) is 6.20. The number of nitrogens with two attached hydrogens (primary N) is 1. The van der Waals surface area contributed by atoms with Gasteiger partial charge in [-0.05, 0) is 49.9 Å². The van der Waals surface area contributed by atoms with Gasteiger partial charge in [0, 0.05) is 18.6 Å². The minimum Gasteiger partial charge on any atom is -0.329 e. The average Bonchev–Trinajstić information content (AvgIpc) is 2.39. The molecule has 0 amide bonds. The number of rotatable bonds is 3. The Bertz CT molecular complexity index is 455. The molecule has 3 unspecified atom stereocenters. The van der Waals surface area contributed by atoms with E-state index in [1.165, 1.54) is 0 Å². The Balaban J connectivity index is 2.28. The highest BCUT2D eigenvalue weighted by Crippen LogP contribution is 2.31. The molecule has 1 saturated heterocycles. The third kappa shape index (κ3) is 2.99. The Morgan fingerprint density at radius 2 is 1.85 bits per heavy atom. The molecule has 1 fully saturated rings. The monoisotopic (exact) mass is 286 g/mol. The normalized spacial score (nSPS) is 25.7. The van der Waals surface area contributed by atoms with Crippen molar-refractivity contribution in [1.29, 1.82) is 0 Å². The predicted octanol–water partition coefficient (Wildman–Crippen LogP) is 3.22. The van der Waals surface area contributed by atoms with Gasteiger partial charge in [-0.2, -0.15) is 0 Å². The zero-order valence-electron chi connectivity index (χ0n) is 11.9. The highest BCUT2D eigenvalue weighted by molar-refractivity contribution is 5.23. The van der Waals surface area contributed by atoms with Gasteiger partial charge in [0.25, 0.3) is 0 Å². The van der Waals surface area contributed by atoms with Crippen LogP contribution in [0.15, 0.2) is 12.1 Å². The molecular weight excluding hydrogens is 265 g/mol. The summed E-state index contributed by atoms with van der Waals surface area (Å²) in [4.78, 5) is 2.16. The molecule has 2 rings (SSSR count). The molecule has 2 nitrogen and oxygen atoms in total. The third-order valence-electron chi connectivity index (χ3n) is 4.20. The largest absolute Gasteiger partial charge is 0.329 e. The molecule has 0 bridgehead atoms. The summed E-state index contributed by atoms with van der Waals surface area (Å²) < 4.78 is 39.8. The fourth-order valence-electron chi connectivity index (χ4n) is 3.12. The maximum Gasteiger partial charge on any atom is 0.194 e. The van der Waals surface area contributed by atoms with Gasteiger partial charge in [0.05, 0.1) is 0 Å². The van der Waals surface area contributed by atoms with E-state index >= 15 is 0 Å². The second-order valence-corrected chi connectivity index (χ2v) is 5.77. The van der Waals surface area contributed by atoms with Crippen LogP contribution in [0.4, 0.5) is 13.2 Å². The van der Waals surface area contributed by atoms with Crippen LogP contribution in [0, 0.1) is 23.4 Å². The minimum atomic E-state index is -1.43. The van der Waals surface area contributed by atoms with Gasteiger partial charge in [-0.3, -0.25) is 4.90 Å². The van der Waals surface area contributed by atoms with Crippen molar-refractivity contribution in [2.45, 2.75) is 38.8 Å². The van der Waals surface area contributed by atoms with Crippen molar-refractivity contribution in [2.75, 3.05) is 13.1 Å². The number of hydrogen-bond acceptors (Lipinski definition) is 2. The van der Waals surface area contributed by atoms with Crippen LogP contribution in [-0.4, -0.2) is 24.0 Å². The molecule has 112 valence electrons. The van der Waals surface area contributed by atoms with Crippen LogP contribution in [0.3, 0.4) is 0 Å². The average molecular weight is 286 g/mol. The van der Waals surface area contributed by atoms with E-state index in [1.807, 2.05) is 0 Å². The number of likely N-dealkylation sites (tertiary alicyclic amines) is 1. The van der Waals surface area contributed by atoms with Crippen LogP contribution in [0.5, 0.6) is 0 Å². The smallest absolute Gasteiger partial charge is 0.194 e. The molecule has 3 atom stereocenters. The lowest BCUT2D eigenvalue weighted by Crippen LogP contribution is -2.45. The highest BCUT2D eigenvalue weighted by atomic mass is 19.2. The number of nitrogens with zero attached hydrogens (tertiary/aromatic N) is 1. The van der Waals surface area contributed by atoms with Gasteiger partial charge in [0.15, 0.2) is 17.5 Å². The van der Waals surface area contributed by atoms with E-state index in [0.29, 0.717) is 17.5 Å². The zero-order valence-corrected chi connectivity index (χ0v) is 11.9. The van der Waals surface area contributed by atoms with E-state index in [2.05, 4.69) is 18.7 Å². The Hall–Kier alpha value is -1.07. The van der Waals surface area contributed by atoms with Crippen molar-refractivity contribution < 1.29 is 13.2 Å². The number of piperidine rings is 1. The van der Waals surface area contributed by atoms with E-state index in [-0.39, 0.29) is 12.6 Å². The Labute approximate surface area is 117 Å². The molecule has 1 aromatic rings. The van der Waals surface area contributed by atoms with Crippen molar-refractivity contribution in [2.24, 2.45) is 11.7 Å². The lowest BCUT2D eigenvalue weighted by Gasteiger charge is -2.41. The first-order chi connectivity index (χ1) is 9.43. The lowest BCUT2D eigenvalue weighted by molar-refractivity contribution is 0.0843. The van der Waals surface area contributed by atoms with Crippen molar-refractivity contribution in [3.63, 3.8) is 0 Å². The first-order valence-corrected chi connectivity index (χ1v) is 7.04. The van der Waals surface area contributed by atoms with Crippen LogP contribution in [0.1, 0.15) is 38.3 Å². The van der Waals surface area contributed by atoms with E-state index < -0.39 is 17.5 Å². The van der Waals surface area contributed by atoms with Crippen molar-refractivity contribution in [3.8, 4) is 0 Å². The molecule has 1 aliphatic rings. The minimum absolute atomic E-state index is 0.253. The highest BCUT2D eigenvalue weighted by Gasteiger charge is 2.30. The molecule has 1 aromatic carbocycles. The van der Waals surface area contributed by atoms with Gasteiger partial charge in [0.2, 0.25) is 0 Å². The standard InChI is InChI=1S/C15H21F3N2/c1-9-3-4-20(10(2)5-9)14(8-19)11-6-12(16)15(18)13(17)7-11/h6-7,9-10,14H,3-5,8,19H2,1-2H3. The molecule has 0 aromatic heterocycles. The van der Waals surface area contributed by atoms with Crippen molar-refractivity contribution in [3.05, 3.63) is 35.1 Å². The SMILES string of the molecule is CC1CCN(C(CN)c2cc(F)c(F)c(F)c2)C(C)C1. The Morgan fingerprint density at radius 1 is 1.25 bits per heavy atom. The van der Waals surface area contributed by atoms with E-state index in [9.17, 15) is 13.2 Å². The van der Waals surface area contributed by atoms with Crippen LogP contribution < -0.4 is 5.73 Å². The van der Waals surface area contributed by atoms with Gasteiger partial charge >= 0.3 is 0 Å². The summed E-state index contributed by atoms with van der Waals surface area (Å²) >= 11 is 0. The number of hydrogen-bond donors (Lipinski definition) is 1. The topological polar surface area (TPSA) is 29.3 Å². The Morgan fingerprint density at radius 3 is 2.35 bits per heavy atom. The van der Waals surface area contributed by atoms with Crippen molar-refractivity contribution >= 4 is 0 Å². The molecule has 0 spiro atoms. The maximum absolute atomic E-state index is 13.4. The maximum atomic E-state index is 13.4. The molecule has 0 radical (unpaired) electrons. The molecule has 5 heteroatoms. The molecule has 1 aliphatic heterocycles. The van der Waals surface area contributed by atoms with Gasteiger partial charge in [-0.15, -0.1) is 0 Å². The number of halogens is 3. The fraction of sp³-hybridized carbons (Fsp3) is 0.600. The second kappa shape index (κ2) is 6.14. The summed E-state index contributed by atoms with van der Waals surface area (Å²) in [5.74, 6) is -3.10. The second-order valence-electron chi connectivity index (χ2n) is 5.77. The summed E-state index contributed by atoms with van der Waals surface area (Å²) in [6.07, 6.45) is 2.07. The molecule has 20 heavy (non-hydrogen) atoms. The van der Waals surface area contributed by atoms with Gasteiger partial charge in [0.1, 0.15) is 0 Å². The summed E-state index contributed by atoms with van der Waals surface area (Å²) in [7, 11) is 0. The molecule has 2 N–H and O–H groups in total. The van der Waals surface area contributed by atoms with Crippen LogP contribution >= 0.6 is 0 Å². The van der Waals surface area contributed by atoms with Crippen LogP contribution in [-0.2, 0) is 0 Å². The lowest BCUT2D eigenvalue weighted by atomic mass is 9.90. The van der Waals surface area contributed by atoms with Crippen LogP contribution in [0.25, 0.3) is 0 Å². The fourth-order valence-corrected chi connectivity index (χ4v) is 3.12. The number of benzene rings is 1. The molecule has 0 saturated carbocycles. The predicted molar refractivity (Wildman–Crippen MR) is 72.7 cm³/mol. The van der Waals surface area contributed by atoms with Gasteiger partial charge in [-0.1, -0.05) is 6.92 Å². The van der Waals surface area contributed by atoms with E-state index in [0.717, 1.165) is 31.5 Å². The van der Waals surface area contributed by atoms with Gasteiger partial charge in [-0.25, -0.2) is 13.2 Å². The zero-order chi connectivity index (χ0) is 14.9. The van der Waals surface area contributed by atoms with E-state index in [4.69, 9.17) is 5.73 Å². The quantitative estimate of drug-likeness (QED) is 0.864. The Kier molecular flexibility index (Phi) is 4.70. The molecular formula is C15H21F3N2.